The van der Waals surface area contributed by atoms with Gasteiger partial charge in [0.1, 0.15) is 22.3 Å². The molecule has 1 aromatic carbocycles. The van der Waals surface area contributed by atoms with Crippen LogP contribution >= 0.6 is 23.6 Å². The van der Waals surface area contributed by atoms with Crippen molar-refractivity contribution < 1.29 is 8.78 Å². The van der Waals surface area contributed by atoms with Crippen molar-refractivity contribution in [2.45, 2.75) is 18.8 Å². The zero-order chi connectivity index (χ0) is 14.3. The van der Waals surface area contributed by atoms with Crippen LogP contribution in [0.5, 0.6) is 0 Å². The maximum absolute atomic E-state index is 13.9. The van der Waals surface area contributed by atoms with E-state index in [1.165, 1.54) is 11.3 Å². The van der Waals surface area contributed by atoms with Gasteiger partial charge in [-0.05, 0) is 25.0 Å². The Labute approximate surface area is 123 Å². The first kappa shape index (κ1) is 13.4. The van der Waals surface area contributed by atoms with Crippen LogP contribution in [0.2, 0.25) is 0 Å². The zero-order valence-electron chi connectivity index (χ0n) is 10.3. The van der Waals surface area contributed by atoms with Crippen molar-refractivity contribution in [3.63, 3.8) is 0 Å². The Balaban J connectivity index is 1.87. The van der Waals surface area contributed by atoms with Gasteiger partial charge in [0.25, 0.3) is 0 Å². The number of thiazole rings is 1. The lowest BCUT2D eigenvalue weighted by molar-refractivity contribution is 0.590. The summed E-state index contributed by atoms with van der Waals surface area (Å²) in [6.45, 7) is 0. The number of nitrogens with two attached hydrogens (primary N) is 1. The molecule has 1 heterocycles. The van der Waals surface area contributed by atoms with E-state index in [1.807, 2.05) is 5.38 Å². The molecule has 20 heavy (non-hydrogen) atoms. The molecule has 0 bridgehead atoms. The molecule has 1 saturated carbocycles. The maximum Gasteiger partial charge on any atom is 0.187 e. The standard InChI is InChI=1S/C13H11F2N3S2/c14-8-3-7(12(16)19)4-9(15)11(8)18-13-17-10(5-20-13)6-1-2-6/h3-6H,1-2H2,(H2,16,19)(H,17,18). The number of thiocarbonyl (C=S) groups is 1. The van der Waals surface area contributed by atoms with Crippen LogP contribution in [-0.4, -0.2) is 9.97 Å². The fourth-order valence-electron chi connectivity index (χ4n) is 1.85. The molecule has 1 fully saturated rings. The Morgan fingerprint density at radius 1 is 1.35 bits per heavy atom. The van der Waals surface area contributed by atoms with Crippen molar-refractivity contribution in [2.75, 3.05) is 5.32 Å². The van der Waals surface area contributed by atoms with Crippen LogP contribution in [0.15, 0.2) is 17.5 Å². The van der Waals surface area contributed by atoms with Crippen molar-refractivity contribution in [1.82, 2.24) is 4.98 Å². The maximum atomic E-state index is 13.9. The Kier molecular flexibility index (Phi) is 3.39. The summed E-state index contributed by atoms with van der Waals surface area (Å²) in [5.74, 6) is -0.972. The molecule has 0 amide bonds. The van der Waals surface area contributed by atoms with E-state index in [2.05, 4.69) is 10.3 Å². The van der Waals surface area contributed by atoms with Crippen LogP contribution in [0.4, 0.5) is 19.6 Å². The number of hydrogen-bond acceptors (Lipinski definition) is 4. The molecular weight excluding hydrogens is 300 g/mol. The average Bonchev–Trinajstić information content (AvgIpc) is 3.14. The Hall–Kier alpha value is -1.60. The van der Waals surface area contributed by atoms with E-state index in [0.717, 1.165) is 30.7 Å². The van der Waals surface area contributed by atoms with Crippen LogP contribution in [0.25, 0.3) is 0 Å². The molecule has 3 N–H and O–H groups in total. The summed E-state index contributed by atoms with van der Waals surface area (Å²) in [7, 11) is 0. The van der Waals surface area contributed by atoms with Crippen LogP contribution in [0, 0.1) is 11.6 Å². The smallest absolute Gasteiger partial charge is 0.187 e. The minimum atomic E-state index is -0.740. The molecule has 7 heteroatoms. The highest BCUT2D eigenvalue weighted by Gasteiger charge is 2.26. The van der Waals surface area contributed by atoms with Gasteiger partial charge in [-0.15, -0.1) is 11.3 Å². The molecule has 0 spiro atoms. The van der Waals surface area contributed by atoms with Gasteiger partial charge in [-0.25, -0.2) is 13.8 Å². The largest absolute Gasteiger partial charge is 0.389 e. The highest BCUT2D eigenvalue weighted by atomic mass is 32.1. The van der Waals surface area contributed by atoms with E-state index in [-0.39, 0.29) is 16.2 Å². The zero-order valence-corrected chi connectivity index (χ0v) is 12.0. The minimum absolute atomic E-state index is 0.0420. The number of hydrogen-bond donors (Lipinski definition) is 2. The van der Waals surface area contributed by atoms with Gasteiger partial charge in [-0.2, -0.15) is 0 Å². The quantitative estimate of drug-likeness (QED) is 0.846. The molecule has 1 aromatic heterocycles. The molecule has 3 rings (SSSR count). The SMILES string of the molecule is NC(=S)c1cc(F)c(Nc2nc(C3CC3)cs2)c(F)c1. The number of aromatic nitrogens is 1. The van der Waals surface area contributed by atoms with Crippen molar-refractivity contribution >= 4 is 39.4 Å². The molecule has 1 aliphatic carbocycles. The predicted octanol–water partition coefficient (Wildman–Crippen LogP) is 3.68. The van der Waals surface area contributed by atoms with Gasteiger partial charge < -0.3 is 11.1 Å². The fraction of sp³-hybridized carbons (Fsp3) is 0.231. The summed E-state index contributed by atoms with van der Waals surface area (Å²) < 4.78 is 27.8. The first-order valence-electron chi connectivity index (χ1n) is 6.06. The van der Waals surface area contributed by atoms with Gasteiger partial charge in [-0.1, -0.05) is 12.2 Å². The summed E-state index contributed by atoms with van der Waals surface area (Å²) in [5.41, 5.74) is 6.28. The lowest BCUT2D eigenvalue weighted by atomic mass is 10.2. The van der Waals surface area contributed by atoms with Gasteiger partial charge in [0, 0.05) is 16.9 Å². The number of rotatable bonds is 4. The fourth-order valence-corrected chi connectivity index (χ4v) is 2.77. The van der Waals surface area contributed by atoms with Gasteiger partial charge in [0.15, 0.2) is 5.13 Å². The summed E-state index contributed by atoms with van der Waals surface area (Å²) in [5, 5.41) is 5.08. The van der Waals surface area contributed by atoms with Gasteiger partial charge in [0.05, 0.1) is 5.69 Å². The third-order valence-corrected chi connectivity index (χ3v) is 4.09. The first-order chi connectivity index (χ1) is 9.54. The molecule has 0 radical (unpaired) electrons. The van der Waals surface area contributed by atoms with E-state index in [9.17, 15) is 8.78 Å². The predicted molar refractivity (Wildman–Crippen MR) is 79.6 cm³/mol. The highest BCUT2D eigenvalue weighted by Crippen LogP contribution is 2.41. The molecule has 3 nitrogen and oxygen atoms in total. The molecule has 0 aliphatic heterocycles. The monoisotopic (exact) mass is 311 g/mol. The number of benzene rings is 1. The van der Waals surface area contributed by atoms with E-state index >= 15 is 0 Å². The van der Waals surface area contributed by atoms with Crippen LogP contribution < -0.4 is 11.1 Å². The van der Waals surface area contributed by atoms with Crippen molar-refractivity contribution in [3.05, 3.63) is 40.4 Å². The molecule has 0 atom stereocenters. The molecule has 2 aromatic rings. The number of nitrogens with zero attached hydrogens (tertiary/aromatic N) is 1. The summed E-state index contributed by atoms with van der Waals surface area (Å²) in [6, 6.07) is 2.23. The minimum Gasteiger partial charge on any atom is -0.389 e. The van der Waals surface area contributed by atoms with Crippen molar-refractivity contribution in [1.29, 1.82) is 0 Å². The lowest BCUT2D eigenvalue weighted by Gasteiger charge is -2.08. The number of nitrogens with one attached hydrogen (secondary N) is 1. The normalized spacial score (nSPS) is 14.3. The molecule has 0 saturated heterocycles. The second kappa shape index (κ2) is 5.06. The van der Waals surface area contributed by atoms with Crippen LogP contribution in [0.3, 0.4) is 0 Å². The topological polar surface area (TPSA) is 50.9 Å². The third kappa shape index (κ3) is 2.64. The molecule has 1 aliphatic rings. The third-order valence-electron chi connectivity index (χ3n) is 3.08. The Morgan fingerprint density at radius 2 is 2.00 bits per heavy atom. The Morgan fingerprint density at radius 3 is 2.55 bits per heavy atom. The van der Waals surface area contributed by atoms with Crippen LogP contribution in [-0.2, 0) is 0 Å². The second-order valence-electron chi connectivity index (χ2n) is 4.66. The Bertz CT molecular complexity index is 657. The van der Waals surface area contributed by atoms with Crippen molar-refractivity contribution in [2.24, 2.45) is 5.73 Å². The van der Waals surface area contributed by atoms with E-state index in [4.69, 9.17) is 18.0 Å². The highest BCUT2D eigenvalue weighted by molar-refractivity contribution is 7.80. The summed E-state index contributed by atoms with van der Waals surface area (Å²) in [6.07, 6.45) is 2.27. The van der Waals surface area contributed by atoms with E-state index in [0.29, 0.717) is 11.0 Å². The average molecular weight is 311 g/mol. The van der Waals surface area contributed by atoms with E-state index in [1.54, 1.807) is 0 Å². The first-order valence-corrected chi connectivity index (χ1v) is 7.34. The molecule has 0 unspecified atom stereocenters. The molecule has 104 valence electrons. The van der Waals surface area contributed by atoms with Gasteiger partial charge in [-0.3, -0.25) is 0 Å². The van der Waals surface area contributed by atoms with Gasteiger partial charge >= 0.3 is 0 Å². The van der Waals surface area contributed by atoms with Crippen molar-refractivity contribution in [3.8, 4) is 0 Å². The van der Waals surface area contributed by atoms with Gasteiger partial charge in [0.2, 0.25) is 0 Å². The number of anilines is 2. The lowest BCUT2D eigenvalue weighted by Crippen LogP contribution is -2.11. The number of halogens is 2. The molecular formula is C13H11F2N3S2. The van der Waals surface area contributed by atoms with E-state index < -0.39 is 11.6 Å². The summed E-state index contributed by atoms with van der Waals surface area (Å²) in [4.78, 5) is 4.29. The second-order valence-corrected chi connectivity index (χ2v) is 5.95. The summed E-state index contributed by atoms with van der Waals surface area (Å²) >= 11 is 6.04. The van der Waals surface area contributed by atoms with Crippen LogP contribution in [0.1, 0.15) is 30.0 Å².